The molecule has 3 fully saturated rings. The van der Waals surface area contributed by atoms with Crippen molar-refractivity contribution in [2.24, 2.45) is 11.8 Å². The number of halogens is 2. The average Bonchev–Trinajstić information content (AvgIpc) is 3.38. The minimum Gasteiger partial charge on any atom is -0.396 e. The van der Waals surface area contributed by atoms with Crippen LogP contribution in [0.4, 0.5) is 5.69 Å². The number of nitrogens with one attached hydrogen (secondary N) is 2. The van der Waals surface area contributed by atoms with Crippen LogP contribution in [0.3, 0.4) is 0 Å². The second kappa shape index (κ2) is 9.90. The lowest BCUT2D eigenvalue weighted by Gasteiger charge is -2.34. The van der Waals surface area contributed by atoms with E-state index in [1.54, 1.807) is 36.2 Å². The Morgan fingerprint density at radius 1 is 1.21 bits per heavy atom. The van der Waals surface area contributed by atoms with Gasteiger partial charge >= 0.3 is 0 Å². The zero-order valence-electron chi connectivity index (χ0n) is 18.4. The van der Waals surface area contributed by atoms with E-state index >= 15 is 0 Å². The number of hydrogen-bond donors (Lipinski definition) is 3. The monoisotopic (exact) mass is 541 g/mol. The summed E-state index contributed by atoms with van der Waals surface area (Å²) < 4.78 is 6.38. The van der Waals surface area contributed by atoms with Gasteiger partial charge in [0.05, 0.1) is 17.9 Å². The van der Waals surface area contributed by atoms with Crippen molar-refractivity contribution >= 4 is 50.9 Å². The first kappa shape index (κ1) is 24.4. The number of rotatable bonds is 9. The Bertz CT molecular complexity index is 916. The lowest BCUT2D eigenvalue weighted by molar-refractivity contribution is -0.140. The summed E-state index contributed by atoms with van der Waals surface area (Å²) in [6, 6.07) is 5.94. The maximum atomic E-state index is 13.7. The Labute approximate surface area is 206 Å². The summed E-state index contributed by atoms with van der Waals surface area (Å²) >= 11 is 9.60. The van der Waals surface area contributed by atoms with E-state index in [2.05, 4.69) is 26.6 Å². The molecule has 3 N–H and O–H groups in total. The Morgan fingerprint density at radius 2 is 1.91 bits per heavy atom. The SMILES string of the molecule is CNC(=O)[C@H]1[C@H]2C(=O)N(CCCCCCO)C(C(=O)Nc3ccc(Cl)cc3)C23CC(Br)[C@@H]1O3. The van der Waals surface area contributed by atoms with Crippen molar-refractivity contribution in [3.8, 4) is 0 Å². The molecule has 3 unspecified atom stereocenters. The summed E-state index contributed by atoms with van der Waals surface area (Å²) in [5.41, 5.74) is -0.486. The molecule has 1 aromatic carbocycles. The van der Waals surface area contributed by atoms with Gasteiger partial charge in [0.2, 0.25) is 17.7 Å². The fourth-order valence-corrected chi connectivity index (χ4v) is 6.70. The van der Waals surface area contributed by atoms with Crippen molar-refractivity contribution in [1.82, 2.24) is 10.2 Å². The molecule has 0 saturated carbocycles. The molecule has 8 nitrogen and oxygen atoms in total. The Hall–Kier alpha value is -1.68. The molecule has 3 saturated heterocycles. The van der Waals surface area contributed by atoms with Crippen LogP contribution in [-0.2, 0) is 19.1 Å². The van der Waals surface area contributed by atoms with Crippen LogP contribution in [-0.4, -0.2) is 70.5 Å². The minimum atomic E-state index is -1.06. The molecule has 0 aliphatic carbocycles. The number of ether oxygens (including phenoxy) is 1. The molecule has 10 heteroatoms. The van der Waals surface area contributed by atoms with Gasteiger partial charge in [0.15, 0.2) is 0 Å². The zero-order valence-corrected chi connectivity index (χ0v) is 20.8. The minimum absolute atomic E-state index is 0.126. The van der Waals surface area contributed by atoms with E-state index in [1.165, 1.54) is 0 Å². The maximum Gasteiger partial charge on any atom is 0.250 e. The lowest BCUT2D eigenvalue weighted by Crippen LogP contribution is -2.54. The van der Waals surface area contributed by atoms with Crippen LogP contribution < -0.4 is 10.6 Å². The first-order chi connectivity index (χ1) is 15.8. The highest BCUT2D eigenvalue weighted by Gasteiger charge is 2.76. The summed E-state index contributed by atoms with van der Waals surface area (Å²) in [6.07, 6.45) is 3.09. The number of aliphatic hydroxyl groups is 1. The van der Waals surface area contributed by atoms with Gasteiger partial charge < -0.3 is 25.4 Å². The van der Waals surface area contributed by atoms with Gasteiger partial charge in [-0.1, -0.05) is 40.4 Å². The van der Waals surface area contributed by atoms with Crippen LogP contribution >= 0.6 is 27.5 Å². The van der Waals surface area contributed by atoms with Gasteiger partial charge in [0, 0.05) is 35.7 Å². The van der Waals surface area contributed by atoms with Crippen molar-refractivity contribution in [3.05, 3.63) is 29.3 Å². The molecule has 3 heterocycles. The molecule has 3 aliphatic heterocycles. The second-order valence-corrected chi connectivity index (χ2v) is 10.6. The van der Waals surface area contributed by atoms with Crippen LogP contribution in [0.15, 0.2) is 24.3 Å². The third-order valence-electron chi connectivity index (χ3n) is 7.01. The molecule has 4 rings (SSSR count). The van der Waals surface area contributed by atoms with Crippen molar-refractivity contribution in [2.75, 3.05) is 25.5 Å². The average molecular weight is 543 g/mol. The van der Waals surface area contributed by atoms with E-state index in [0.29, 0.717) is 36.5 Å². The molecule has 0 radical (unpaired) electrons. The summed E-state index contributed by atoms with van der Waals surface area (Å²) in [7, 11) is 1.55. The molecule has 33 heavy (non-hydrogen) atoms. The first-order valence-corrected chi connectivity index (χ1v) is 12.6. The number of unbranched alkanes of at least 4 members (excludes halogenated alkanes) is 3. The highest BCUT2D eigenvalue weighted by Crippen LogP contribution is 2.60. The number of carbonyl (C=O) groups is 3. The normalized spacial score (nSPS) is 32.2. The molecule has 1 aromatic rings. The maximum absolute atomic E-state index is 13.7. The smallest absolute Gasteiger partial charge is 0.250 e. The molecule has 1 spiro atoms. The molecule has 2 bridgehead atoms. The Kier molecular flexibility index (Phi) is 7.33. The van der Waals surface area contributed by atoms with Crippen LogP contribution in [0.2, 0.25) is 5.02 Å². The van der Waals surface area contributed by atoms with Crippen LogP contribution in [0.25, 0.3) is 0 Å². The molecule has 6 atom stereocenters. The van der Waals surface area contributed by atoms with E-state index < -0.39 is 29.6 Å². The summed E-state index contributed by atoms with van der Waals surface area (Å²) in [6.45, 7) is 0.526. The molecular weight excluding hydrogens is 514 g/mol. The number of anilines is 1. The number of fused-ring (bicyclic) bond motifs is 1. The predicted molar refractivity (Wildman–Crippen MR) is 127 cm³/mol. The fraction of sp³-hybridized carbons (Fsp3) is 0.609. The largest absolute Gasteiger partial charge is 0.396 e. The van der Waals surface area contributed by atoms with Gasteiger partial charge in [-0.15, -0.1) is 0 Å². The van der Waals surface area contributed by atoms with Gasteiger partial charge in [0.1, 0.15) is 11.6 Å². The van der Waals surface area contributed by atoms with E-state index in [1.807, 2.05) is 0 Å². The number of hydrogen-bond acceptors (Lipinski definition) is 5. The third-order valence-corrected chi connectivity index (χ3v) is 8.10. The summed E-state index contributed by atoms with van der Waals surface area (Å²) in [4.78, 5) is 41.5. The topological polar surface area (TPSA) is 108 Å². The number of carbonyl (C=O) groups excluding carboxylic acids is 3. The third kappa shape index (κ3) is 4.29. The molecule has 3 aliphatic rings. The quantitative estimate of drug-likeness (QED) is 0.328. The van der Waals surface area contributed by atoms with Crippen LogP contribution in [0, 0.1) is 11.8 Å². The van der Waals surface area contributed by atoms with Crippen molar-refractivity contribution in [3.63, 3.8) is 0 Å². The van der Waals surface area contributed by atoms with Gasteiger partial charge in [-0.25, -0.2) is 0 Å². The highest BCUT2D eigenvalue weighted by atomic mass is 79.9. The number of benzene rings is 1. The van der Waals surface area contributed by atoms with E-state index in [0.717, 1.165) is 12.8 Å². The summed E-state index contributed by atoms with van der Waals surface area (Å²) in [5, 5.41) is 15.2. The van der Waals surface area contributed by atoms with Crippen molar-refractivity contribution in [2.45, 2.75) is 54.7 Å². The highest BCUT2D eigenvalue weighted by molar-refractivity contribution is 9.09. The van der Waals surface area contributed by atoms with Crippen molar-refractivity contribution < 1.29 is 24.2 Å². The van der Waals surface area contributed by atoms with E-state index in [4.69, 9.17) is 21.4 Å². The van der Waals surface area contributed by atoms with Crippen LogP contribution in [0.5, 0.6) is 0 Å². The molecule has 180 valence electrons. The number of likely N-dealkylation sites (tertiary alicyclic amines) is 1. The number of aliphatic hydroxyl groups excluding tert-OH is 1. The standard InChI is InChI=1S/C23H29BrClN3O5/c1-26-20(30)16-17-22(32)28(10-4-2-3-5-11-29)19(23(17)12-15(24)18(16)33-23)21(31)27-14-8-6-13(25)7-9-14/h6-9,15-19,29H,2-5,10-12H2,1H3,(H,26,30)(H,27,31)/t15?,16-,17-,18-,19?,23?/m0/s1. The predicted octanol–water partition coefficient (Wildman–Crippen LogP) is 2.33. The van der Waals surface area contributed by atoms with Gasteiger partial charge in [-0.05, 0) is 43.5 Å². The first-order valence-electron chi connectivity index (χ1n) is 11.4. The van der Waals surface area contributed by atoms with Gasteiger partial charge in [0.25, 0.3) is 0 Å². The molecule has 3 amide bonds. The fourth-order valence-electron chi connectivity index (χ4n) is 5.63. The summed E-state index contributed by atoms with van der Waals surface area (Å²) in [5.74, 6) is -2.13. The second-order valence-electron chi connectivity index (χ2n) is 8.94. The number of amides is 3. The van der Waals surface area contributed by atoms with Gasteiger partial charge in [-0.3, -0.25) is 14.4 Å². The molecular formula is C23H29BrClN3O5. The number of alkyl halides is 1. The van der Waals surface area contributed by atoms with E-state index in [-0.39, 0.29) is 29.2 Å². The van der Waals surface area contributed by atoms with Gasteiger partial charge in [-0.2, -0.15) is 0 Å². The van der Waals surface area contributed by atoms with E-state index in [9.17, 15) is 14.4 Å². The molecule has 0 aromatic heterocycles. The zero-order chi connectivity index (χ0) is 23.8. The van der Waals surface area contributed by atoms with Crippen molar-refractivity contribution in [1.29, 1.82) is 0 Å². The Balaban J connectivity index is 1.63. The Morgan fingerprint density at radius 3 is 2.58 bits per heavy atom. The lowest BCUT2D eigenvalue weighted by atomic mass is 9.70. The van der Waals surface area contributed by atoms with Crippen LogP contribution in [0.1, 0.15) is 32.1 Å². The number of nitrogens with zero attached hydrogens (tertiary/aromatic N) is 1.